The average molecular weight is 346 g/mol. The fraction of sp³-hybridized carbons (Fsp3) is 0.238. The lowest BCUT2D eigenvalue weighted by Crippen LogP contribution is -2.29. The maximum atomic E-state index is 12.6. The van der Waals surface area contributed by atoms with E-state index in [1.54, 1.807) is 0 Å². The molecular formula is C21H22N4O. The zero-order chi connectivity index (χ0) is 18.3. The van der Waals surface area contributed by atoms with Crippen molar-refractivity contribution in [1.82, 2.24) is 19.9 Å². The molecule has 4 rings (SSSR count). The standard InChI is InChI=1S/C21H22N4O/c1-13-8-9-16-15(12-22-18(16)10-13)11-20(26)23-14(2)21-24-17-6-4-5-7-19(17)25(21)3/h4-10,12,14,22H,11H2,1-3H3,(H,23,26)/t14-/m0/s1. The van der Waals surface area contributed by atoms with Crippen molar-refractivity contribution in [2.75, 3.05) is 0 Å². The van der Waals surface area contributed by atoms with E-state index in [9.17, 15) is 4.79 Å². The minimum atomic E-state index is -0.160. The van der Waals surface area contributed by atoms with Crippen molar-refractivity contribution in [3.8, 4) is 0 Å². The van der Waals surface area contributed by atoms with Gasteiger partial charge in [0.2, 0.25) is 5.91 Å². The minimum Gasteiger partial charge on any atom is -0.361 e. The molecule has 1 atom stereocenters. The smallest absolute Gasteiger partial charge is 0.225 e. The molecule has 4 aromatic rings. The first-order chi connectivity index (χ1) is 12.5. The third-order valence-electron chi connectivity index (χ3n) is 4.86. The van der Waals surface area contributed by atoms with E-state index in [1.165, 1.54) is 5.56 Å². The van der Waals surface area contributed by atoms with Gasteiger partial charge in [-0.15, -0.1) is 0 Å². The molecule has 0 aliphatic carbocycles. The SMILES string of the molecule is Cc1ccc2c(CC(=O)N[C@@H](C)c3nc4ccccc4n3C)c[nH]c2c1. The van der Waals surface area contributed by atoms with Gasteiger partial charge in [-0.05, 0) is 43.2 Å². The number of aryl methyl sites for hydroxylation is 2. The second kappa shape index (κ2) is 6.33. The Bertz CT molecular complexity index is 1110. The fourth-order valence-electron chi connectivity index (χ4n) is 3.53. The molecule has 132 valence electrons. The fourth-order valence-corrected chi connectivity index (χ4v) is 3.53. The topological polar surface area (TPSA) is 62.7 Å². The molecule has 2 heterocycles. The van der Waals surface area contributed by atoms with Gasteiger partial charge in [-0.25, -0.2) is 4.98 Å². The normalized spacial score (nSPS) is 12.6. The number of benzene rings is 2. The monoisotopic (exact) mass is 346 g/mol. The second-order valence-corrected chi connectivity index (χ2v) is 6.85. The average Bonchev–Trinajstić information content (AvgIpc) is 3.16. The number of carbonyl (C=O) groups excluding carboxylic acids is 1. The summed E-state index contributed by atoms with van der Waals surface area (Å²) in [4.78, 5) is 20.5. The van der Waals surface area contributed by atoms with Crippen molar-refractivity contribution in [3.63, 3.8) is 0 Å². The van der Waals surface area contributed by atoms with Crippen LogP contribution >= 0.6 is 0 Å². The van der Waals surface area contributed by atoms with Gasteiger partial charge in [-0.3, -0.25) is 4.79 Å². The molecule has 0 saturated heterocycles. The van der Waals surface area contributed by atoms with E-state index in [0.717, 1.165) is 33.3 Å². The van der Waals surface area contributed by atoms with E-state index in [0.29, 0.717) is 6.42 Å². The highest BCUT2D eigenvalue weighted by Gasteiger charge is 2.17. The number of nitrogens with zero attached hydrogens (tertiary/aromatic N) is 2. The maximum absolute atomic E-state index is 12.6. The predicted molar refractivity (Wildman–Crippen MR) is 104 cm³/mol. The Morgan fingerprint density at radius 3 is 2.88 bits per heavy atom. The number of hydrogen-bond acceptors (Lipinski definition) is 2. The molecule has 0 unspecified atom stereocenters. The third-order valence-corrected chi connectivity index (χ3v) is 4.86. The Morgan fingerprint density at radius 2 is 2.08 bits per heavy atom. The molecule has 5 heteroatoms. The van der Waals surface area contributed by atoms with Crippen LogP contribution in [0.2, 0.25) is 0 Å². The van der Waals surface area contributed by atoms with Gasteiger partial charge in [0.15, 0.2) is 0 Å². The van der Waals surface area contributed by atoms with Gasteiger partial charge in [-0.1, -0.05) is 24.3 Å². The van der Waals surface area contributed by atoms with Crippen LogP contribution in [0.25, 0.3) is 21.9 Å². The van der Waals surface area contributed by atoms with E-state index < -0.39 is 0 Å². The van der Waals surface area contributed by atoms with E-state index in [4.69, 9.17) is 0 Å². The number of carbonyl (C=O) groups is 1. The minimum absolute atomic E-state index is 0.00830. The van der Waals surface area contributed by atoms with Crippen LogP contribution < -0.4 is 5.32 Å². The maximum Gasteiger partial charge on any atom is 0.225 e. The number of aromatic nitrogens is 3. The number of amides is 1. The first-order valence-electron chi connectivity index (χ1n) is 8.80. The van der Waals surface area contributed by atoms with Crippen molar-refractivity contribution in [3.05, 3.63) is 65.6 Å². The van der Waals surface area contributed by atoms with Gasteiger partial charge in [0, 0.05) is 24.1 Å². The Labute approximate surface area is 152 Å². The molecule has 0 saturated carbocycles. The van der Waals surface area contributed by atoms with Crippen molar-refractivity contribution < 1.29 is 4.79 Å². The lowest BCUT2D eigenvalue weighted by atomic mass is 10.1. The highest BCUT2D eigenvalue weighted by molar-refractivity contribution is 5.89. The summed E-state index contributed by atoms with van der Waals surface area (Å²) < 4.78 is 2.04. The molecule has 0 fully saturated rings. The number of hydrogen-bond donors (Lipinski definition) is 2. The number of rotatable bonds is 4. The number of para-hydroxylation sites is 2. The summed E-state index contributed by atoms with van der Waals surface area (Å²) in [6.45, 7) is 4.03. The molecule has 5 nitrogen and oxygen atoms in total. The molecule has 0 bridgehead atoms. The van der Waals surface area contributed by atoms with Crippen LogP contribution in [-0.2, 0) is 18.3 Å². The van der Waals surface area contributed by atoms with Gasteiger partial charge in [0.05, 0.1) is 23.5 Å². The Hall–Kier alpha value is -3.08. The number of fused-ring (bicyclic) bond motifs is 2. The van der Waals surface area contributed by atoms with Crippen molar-refractivity contribution in [2.45, 2.75) is 26.3 Å². The molecule has 0 radical (unpaired) electrons. The van der Waals surface area contributed by atoms with Crippen molar-refractivity contribution >= 4 is 27.8 Å². The summed E-state index contributed by atoms with van der Waals surface area (Å²) in [6, 6.07) is 14.1. The van der Waals surface area contributed by atoms with Gasteiger partial charge in [0.25, 0.3) is 0 Å². The lowest BCUT2D eigenvalue weighted by Gasteiger charge is -2.14. The first kappa shape index (κ1) is 16.4. The second-order valence-electron chi connectivity index (χ2n) is 6.85. The summed E-state index contributed by atoms with van der Waals surface area (Å²) in [5.74, 6) is 0.847. The van der Waals surface area contributed by atoms with E-state index in [-0.39, 0.29) is 11.9 Å². The van der Waals surface area contributed by atoms with Crippen LogP contribution in [0.3, 0.4) is 0 Å². The Morgan fingerprint density at radius 1 is 1.27 bits per heavy atom. The summed E-state index contributed by atoms with van der Waals surface area (Å²) in [6.07, 6.45) is 2.26. The molecule has 0 aliphatic rings. The van der Waals surface area contributed by atoms with Gasteiger partial charge in [0.1, 0.15) is 5.82 Å². The molecule has 0 aliphatic heterocycles. The molecule has 2 aromatic carbocycles. The van der Waals surface area contributed by atoms with Crippen LogP contribution in [0.4, 0.5) is 0 Å². The number of aromatic amines is 1. The summed E-state index contributed by atoms with van der Waals surface area (Å²) in [5.41, 5.74) is 5.28. The lowest BCUT2D eigenvalue weighted by molar-refractivity contribution is -0.121. The van der Waals surface area contributed by atoms with E-state index in [1.807, 2.05) is 49.0 Å². The van der Waals surface area contributed by atoms with Crippen molar-refractivity contribution in [2.24, 2.45) is 7.05 Å². The number of nitrogens with one attached hydrogen (secondary N) is 2. The zero-order valence-electron chi connectivity index (χ0n) is 15.2. The highest BCUT2D eigenvalue weighted by Crippen LogP contribution is 2.21. The van der Waals surface area contributed by atoms with Gasteiger partial charge in [-0.2, -0.15) is 0 Å². The van der Waals surface area contributed by atoms with Crippen LogP contribution in [-0.4, -0.2) is 20.4 Å². The van der Waals surface area contributed by atoms with Crippen LogP contribution in [0, 0.1) is 6.92 Å². The summed E-state index contributed by atoms with van der Waals surface area (Å²) >= 11 is 0. The molecule has 1 amide bonds. The number of H-pyrrole nitrogens is 1. The van der Waals surface area contributed by atoms with E-state index >= 15 is 0 Å². The van der Waals surface area contributed by atoms with Gasteiger partial charge >= 0.3 is 0 Å². The third kappa shape index (κ3) is 2.86. The Kier molecular flexibility index (Phi) is 3.99. The summed E-state index contributed by atoms with van der Waals surface area (Å²) in [7, 11) is 1.98. The largest absolute Gasteiger partial charge is 0.361 e. The molecular weight excluding hydrogens is 324 g/mol. The van der Waals surface area contributed by atoms with Crippen molar-refractivity contribution in [1.29, 1.82) is 0 Å². The van der Waals surface area contributed by atoms with Crippen LogP contribution in [0.5, 0.6) is 0 Å². The molecule has 2 aromatic heterocycles. The highest BCUT2D eigenvalue weighted by atomic mass is 16.1. The molecule has 26 heavy (non-hydrogen) atoms. The predicted octanol–water partition coefficient (Wildman–Crippen LogP) is 3.78. The first-order valence-corrected chi connectivity index (χ1v) is 8.80. The zero-order valence-corrected chi connectivity index (χ0v) is 15.2. The van der Waals surface area contributed by atoms with Crippen LogP contribution in [0.15, 0.2) is 48.7 Å². The quantitative estimate of drug-likeness (QED) is 0.591. The molecule has 0 spiro atoms. The number of imidazole rings is 1. The van der Waals surface area contributed by atoms with E-state index in [2.05, 4.69) is 40.4 Å². The molecule has 2 N–H and O–H groups in total. The summed E-state index contributed by atoms with van der Waals surface area (Å²) in [5, 5.41) is 4.17. The van der Waals surface area contributed by atoms with Crippen LogP contribution in [0.1, 0.15) is 29.9 Å². The Balaban J connectivity index is 1.52. The van der Waals surface area contributed by atoms with Gasteiger partial charge < -0.3 is 14.9 Å².